The Morgan fingerprint density at radius 2 is 2.07 bits per heavy atom. The predicted octanol–water partition coefficient (Wildman–Crippen LogP) is 0.0140. The zero-order valence-electron chi connectivity index (χ0n) is 8.20. The van der Waals surface area contributed by atoms with E-state index >= 15 is 0 Å². The van der Waals surface area contributed by atoms with Crippen molar-refractivity contribution in [3.05, 3.63) is 10.1 Å². The molecule has 1 unspecified atom stereocenters. The number of likely N-dealkylation sites (tertiary alicyclic amines) is 1. The Hall–Kier alpha value is -1.37. The van der Waals surface area contributed by atoms with Crippen LogP contribution in [0.15, 0.2) is 0 Å². The molecule has 86 valence electrons. The van der Waals surface area contributed by atoms with Crippen LogP contribution in [0.25, 0.3) is 0 Å². The van der Waals surface area contributed by atoms with Crippen LogP contribution in [0.5, 0.6) is 0 Å². The van der Waals surface area contributed by atoms with Gasteiger partial charge in [0.15, 0.2) is 0 Å². The molecule has 0 aromatic carbocycles. The Labute approximate surface area is 86.5 Å². The van der Waals surface area contributed by atoms with Gasteiger partial charge in [-0.3, -0.25) is 10.1 Å². The smallest absolute Gasteiger partial charge is 0.407 e. The summed E-state index contributed by atoms with van der Waals surface area (Å²) in [6.45, 7) is 0.223. The largest absolute Gasteiger partial charge is 0.465 e. The van der Waals surface area contributed by atoms with E-state index in [1.165, 1.54) is 4.90 Å². The van der Waals surface area contributed by atoms with Crippen molar-refractivity contribution in [2.75, 3.05) is 19.6 Å². The third-order valence-corrected chi connectivity index (χ3v) is 2.69. The molecule has 15 heavy (non-hydrogen) atoms. The summed E-state index contributed by atoms with van der Waals surface area (Å²) in [6.07, 6.45) is -0.962. The van der Waals surface area contributed by atoms with Crippen LogP contribution < -0.4 is 0 Å². The van der Waals surface area contributed by atoms with Crippen LogP contribution in [0.3, 0.4) is 0 Å². The van der Waals surface area contributed by atoms with Crippen LogP contribution in [-0.2, 0) is 0 Å². The van der Waals surface area contributed by atoms with E-state index in [-0.39, 0.29) is 5.92 Å². The average molecular weight is 218 g/mol. The van der Waals surface area contributed by atoms with Gasteiger partial charge in [-0.25, -0.2) is 4.79 Å². The van der Waals surface area contributed by atoms with Gasteiger partial charge in [0, 0.05) is 18.0 Å². The van der Waals surface area contributed by atoms with Crippen molar-refractivity contribution in [1.29, 1.82) is 0 Å². The normalized spacial score (nSPS) is 19.9. The molecule has 7 nitrogen and oxygen atoms in total. The van der Waals surface area contributed by atoms with E-state index in [4.69, 9.17) is 5.11 Å². The standard InChI is InChI=1S/C8H14N2O5/c11-7(5-10(14)15)6-1-3-9(4-2-6)8(12)13/h6-7,11H,1-5H2,(H,12,13). The van der Waals surface area contributed by atoms with Gasteiger partial charge in [-0.1, -0.05) is 0 Å². The topological polar surface area (TPSA) is 104 Å². The molecule has 1 amide bonds. The van der Waals surface area contributed by atoms with Gasteiger partial charge in [-0.2, -0.15) is 0 Å². The third kappa shape index (κ3) is 3.35. The molecule has 1 aliphatic heterocycles. The van der Waals surface area contributed by atoms with Crippen molar-refractivity contribution >= 4 is 6.09 Å². The molecule has 0 radical (unpaired) electrons. The van der Waals surface area contributed by atoms with Gasteiger partial charge >= 0.3 is 6.09 Å². The maximum atomic E-state index is 10.6. The molecule has 2 N–H and O–H groups in total. The summed E-state index contributed by atoms with van der Waals surface area (Å²) in [7, 11) is 0. The van der Waals surface area contributed by atoms with Crippen molar-refractivity contribution in [1.82, 2.24) is 4.90 Å². The quantitative estimate of drug-likeness (QED) is 0.513. The Morgan fingerprint density at radius 1 is 1.53 bits per heavy atom. The van der Waals surface area contributed by atoms with Crippen molar-refractivity contribution in [3.63, 3.8) is 0 Å². The van der Waals surface area contributed by atoms with Crippen molar-refractivity contribution in [2.45, 2.75) is 18.9 Å². The van der Waals surface area contributed by atoms with Gasteiger partial charge in [0.25, 0.3) is 0 Å². The number of nitrogens with zero attached hydrogens (tertiary/aromatic N) is 2. The van der Waals surface area contributed by atoms with Gasteiger partial charge in [-0.05, 0) is 18.8 Å². The maximum Gasteiger partial charge on any atom is 0.407 e. The lowest BCUT2D eigenvalue weighted by Crippen LogP contribution is -2.42. The zero-order chi connectivity index (χ0) is 11.4. The number of carbonyl (C=O) groups is 1. The molecule has 0 bridgehead atoms. The molecule has 1 saturated heterocycles. The summed E-state index contributed by atoms with van der Waals surface area (Å²) < 4.78 is 0. The first kappa shape index (κ1) is 11.7. The Morgan fingerprint density at radius 3 is 2.47 bits per heavy atom. The van der Waals surface area contributed by atoms with Crippen molar-refractivity contribution in [2.24, 2.45) is 5.92 Å². The molecular weight excluding hydrogens is 204 g/mol. The van der Waals surface area contributed by atoms with E-state index in [2.05, 4.69) is 0 Å². The van der Waals surface area contributed by atoms with Crippen LogP contribution in [0.1, 0.15) is 12.8 Å². The highest BCUT2D eigenvalue weighted by Gasteiger charge is 2.29. The number of rotatable bonds is 3. The minimum Gasteiger partial charge on any atom is -0.465 e. The second kappa shape index (κ2) is 4.92. The SMILES string of the molecule is O=C(O)N1CCC(C(O)C[N+](=O)[O-])CC1. The average Bonchev–Trinajstić information content (AvgIpc) is 2.17. The van der Waals surface area contributed by atoms with Gasteiger partial charge in [-0.15, -0.1) is 0 Å². The number of amides is 1. The van der Waals surface area contributed by atoms with Crippen LogP contribution in [0, 0.1) is 16.0 Å². The van der Waals surface area contributed by atoms with Crippen LogP contribution in [-0.4, -0.2) is 51.9 Å². The summed E-state index contributed by atoms with van der Waals surface area (Å²) in [4.78, 5) is 21.4. The molecule has 1 atom stereocenters. The molecule has 1 heterocycles. The molecule has 0 aromatic rings. The van der Waals surface area contributed by atoms with Crippen molar-refractivity contribution < 1.29 is 19.9 Å². The summed E-state index contributed by atoms with van der Waals surface area (Å²) >= 11 is 0. The third-order valence-electron chi connectivity index (χ3n) is 2.69. The number of carboxylic acid groups (broad SMARTS) is 1. The Kier molecular flexibility index (Phi) is 3.84. The zero-order valence-corrected chi connectivity index (χ0v) is 8.20. The number of hydrogen-bond acceptors (Lipinski definition) is 4. The van der Waals surface area contributed by atoms with Gasteiger partial charge < -0.3 is 15.1 Å². The van der Waals surface area contributed by atoms with E-state index < -0.39 is 23.7 Å². The van der Waals surface area contributed by atoms with E-state index in [1.54, 1.807) is 0 Å². The second-order valence-corrected chi connectivity index (χ2v) is 3.69. The molecule has 0 aromatic heterocycles. The first-order valence-electron chi connectivity index (χ1n) is 4.78. The highest BCUT2D eigenvalue weighted by Crippen LogP contribution is 2.20. The minimum atomic E-state index is -0.975. The van der Waals surface area contributed by atoms with E-state index in [0.29, 0.717) is 25.9 Å². The molecule has 1 aliphatic rings. The number of aliphatic hydroxyl groups is 1. The molecule has 1 rings (SSSR count). The van der Waals surface area contributed by atoms with Crippen molar-refractivity contribution in [3.8, 4) is 0 Å². The second-order valence-electron chi connectivity index (χ2n) is 3.69. The fourth-order valence-corrected chi connectivity index (χ4v) is 1.78. The van der Waals surface area contributed by atoms with E-state index in [1.807, 2.05) is 0 Å². The lowest BCUT2D eigenvalue weighted by atomic mass is 9.91. The lowest BCUT2D eigenvalue weighted by molar-refractivity contribution is -0.492. The lowest BCUT2D eigenvalue weighted by Gasteiger charge is -2.31. The summed E-state index contributed by atoms with van der Waals surface area (Å²) in [5, 5.41) is 28.3. The summed E-state index contributed by atoms with van der Waals surface area (Å²) in [5.41, 5.74) is 0. The molecule has 0 spiro atoms. The molecular formula is C8H14N2O5. The molecule has 7 heteroatoms. The van der Waals surface area contributed by atoms with Crippen LogP contribution >= 0.6 is 0 Å². The highest BCUT2D eigenvalue weighted by molar-refractivity contribution is 5.64. The molecule has 1 fully saturated rings. The van der Waals surface area contributed by atoms with E-state index in [0.717, 1.165) is 0 Å². The molecule has 0 saturated carbocycles. The van der Waals surface area contributed by atoms with Gasteiger partial charge in [0.2, 0.25) is 6.54 Å². The molecule has 0 aliphatic carbocycles. The first-order valence-corrected chi connectivity index (χ1v) is 4.78. The number of aliphatic hydroxyl groups excluding tert-OH is 1. The fraction of sp³-hybridized carbons (Fsp3) is 0.875. The summed E-state index contributed by atoms with van der Waals surface area (Å²) in [5.74, 6) is -0.161. The Bertz CT molecular complexity index is 249. The summed E-state index contributed by atoms with van der Waals surface area (Å²) in [6, 6.07) is 0. The predicted molar refractivity (Wildman–Crippen MR) is 50.2 cm³/mol. The van der Waals surface area contributed by atoms with Crippen LogP contribution in [0.4, 0.5) is 4.79 Å². The maximum absolute atomic E-state index is 10.6. The monoisotopic (exact) mass is 218 g/mol. The first-order chi connectivity index (χ1) is 7.00. The van der Waals surface area contributed by atoms with Gasteiger partial charge in [0.05, 0.1) is 0 Å². The number of piperidine rings is 1. The van der Waals surface area contributed by atoms with Gasteiger partial charge in [0.1, 0.15) is 6.10 Å². The fourth-order valence-electron chi connectivity index (χ4n) is 1.78. The van der Waals surface area contributed by atoms with Crippen LogP contribution in [0.2, 0.25) is 0 Å². The Balaban J connectivity index is 2.36. The van der Waals surface area contributed by atoms with E-state index in [9.17, 15) is 20.0 Å². The number of nitro groups is 1. The highest BCUT2D eigenvalue weighted by atomic mass is 16.6. The minimum absolute atomic E-state index is 0.161. The number of hydrogen-bond donors (Lipinski definition) is 2.